The quantitative estimate of drug-likeness (QED) is 0.344. The van der Waals surface area contributed by atoms with E-state index in [1.54, 1.807) is 36.9 Å². The number of fused-ring (bicyclic) bond motifs is 1. The Labute approximate surface area is 198 Å². The number of nitrogens with one attached hydrogen (secondary N) is 1. The summed E-state index contributed by atoms with van der Waals surface area (Å²) >= 11 is 3.38. The Morgan fingerprint density at radius 2 is 1.79 bits per heavy atom. The monoisotopic (exact) mass is 511 g/mol. The molecule has 0 aliphatic rings. The second-order valence-electron chi connectivity index (χ2n) is 7.04. The van der Waals surface area contributed by atoms with Gasteiger partial charge in [-0.2, -0.15) is 4.52 Å². The molecule has 10 heteroatoms. The van der Waals surface area contributed by atoms with Crippen LogP contribution in [0.15, 0.2) is 59.1 Å². The van der Waals surface area contributed by atoms with Gasteiger partial charge in [-0.25, -0.2) is 0 Å². The lowest BCUT2D eigenvalue weighted by Gasteiger charge is -2.09. The van der Waals surface area contributed by atoms with Crippen LogP contribution >= 0.6 is 15.9 Å². The Morgan fingerprint density at radius 3 is 2.55 bits per heavy atom. The van der Waals surface area contributed by atoms with Crippen LogP contribution in [0.4, 0.5) is 0 Å². The van der Waals surface area contributed by atoms with E-state index in [-0.39, 0.29) is 12.5 Å². The first-order chi connectivity index (χ1) is 16.1. The molecule has 0 unspecified atom stereocenters. The van der Waals surface area contributed by atoms with Crippen LogP contribution in [0.3, 0.4) is 0 Å². The number of ether oxygens (including phenoxy) is 3. The van der Waals surface area contributed by atoms with E-state index in [0.29, 0.717) is 41.8 Å². The predicted octanol–water partition coefficient (Wildman–Crippen LogP) is 3.31. The molecule has 0 aliphatic heterocycles. The van der Waals surface area contributed by atoms with Crippen LogP contribution in [0.5, 0.6) is 17.4 Å². The summed E-state index contributed by atoms with van der Waals surface area (Å²) in [6.07, 6.45) is 0.312. The fourth-order valence-electron chi connectivity index (χ4n) is 3.20. The zero-order valence-electron chi connectivity index (χ0n) is 18.1. The Kier molecular flexibility index (Phi) is 7.04. The Balaban J connectivity index is 1.38. The minimum Gasteiger partial charge on any atom is -0.493 e. The van der Waals surface area contributed by atoms with Gasteiger partial charge in [0.1, 0.15) is 6.61 Å². The largest absolute Gasteiger partial charge is 0.493 e. The van der Waals surface area contributed by atoms with Gasteiger partial charge in [0.2, 0.25) is 11.8 Å². The molecule has 4 aromatic rings. The number of carbonyl (C=O) groups is 1. The maximum Gasteiger partial charge on any atom is 0.231 e. The van der Waals surface area contributed by atoms with Crippen molar-refractivity contribution in [1.82, 2.24) is 25.1 Å². The molecular weight excluding hydrogens is 490 g/mol. The molecule has 2 heterocycles. The van der Waals surface area contributed by atoms with E-state index in [0.717, 1.165) is 15.6 Å². The van der Waals surface area contributed by atoms with Gasteiger partial charge in [0.15, 0.2) is 23.0 Å². The lowest BCUT2D eigenvalue weighted by atomic mass is 10.1. The third-order valence-corrected chi connectivity index (χ3v) is 5.36. The molecule has 0 spiro atoms. The molecule has 0 bridgehead atoms. The fourth-order valence-corrected chi connectivity index (χ4v) is 3.46. The smallest absolute Gasteiger partial charge is 0.231 e. The van der Waals surface area contributed by atoms with Gasteiger partial charge in [-0.15, -0.1) is 15.3 Å². The Hall–Kier alpha value is -3.66. The van der Waals surface area contributed by atoms with E-state index in [4.69, 9.17) is 14.2 Å². The third kappa shape index (κ3) is 5.40. The van der Waals surface area contributed by atoms with Crippen molar-refractivity contribution in [2.75, 3.05) is 27.4 Å². The molecule has 0 fully saturated rings. The van der Waals surface area contributed by atoms with Gasteiger partial charge in [0, 0.05) is 16.1 Å². The summed E-state index contributed by atoms with van der Waals surface area (Å²) in [5, 5.41) is 15.7. The highest BCUT2D eigenvalue weighted by Gasteiger charge is 2.13. The number of benzene rings is 2. The van der Waals surface area contributed by atoms with Gasteiger partial charge in [-0.1, -0.05) is 28.1 Å². The molecule has 0 atom stereocenters. The number of carbonyl (C=O) groups excluding carboxylic acids is 1. The molecule has 170 valence electrons. The number of hydrogen-bond donors (Lipinski definition) is 1. The standard InChI is InChI=1S/C23H22BrN5O4/c1-31-18-8-5-16(14-19(18)32-2)23-27-26-20-9-10-22(28-29(20)23)33-12-11-25-21(30)13-15-3-6-17(24)7-4-15/h3-10,14H,11-13H2,1-2H3,(H,25,30). The van der Waals surface area contributed by atoms with Crippen LogP contribution in [0.25, 0.3) is 17.0 Å². The summed E-state index contributed by atoms with van der Waals surface area (Å²) in [5.41, 5.74) is 2.29. The van der Waals surface area contributed by atoms with E-state index in [2.05, 4.69) is 36.5 Å². The summed E-state index contributed by atoms with van der Waals surface area (Å²) in [4.78, 5) is 12.1. The first-order valence-electron chi connectivity index (χ1n) is 10.2. The lowest BCUT2D eigenvalue weighted by molar-refractivity contribution is -0.120. The van der Waals surface area contributed by atoms with Crippen LogP contribution in [-0.4, -0.2) is 53.1 Å². The minimum atomic E-state index is -0.0705. The minimum absolute atomic E-state index is 0.0705. The molecule has 0 saturated carbocycles. The number of methoxy groups -OCH3 is 2. The Morgan fingerprint density at radius 1 is 1.00 bits per heavy atom. The zero-order chi connectivity index (χ0) is 23.2. The van der Waals surface area contributed by atoms with Crippen molar-refractivity contribution in [1.29, 1.82) is 0 Å². The highest BCUT2D eigenvalue weighted by Crippen LogP contribution is 2.31. The first kappa shape index (κ1) is 22.5. The van der Waals surface area contributed by atoms with Crippen LogP contribution < -0.4 is 19.5 Å². The average Bonchev–Trinajstić information content (AvgIpc) is 3.26. The SMILES string of the molecule is COc1ccc(-c2nnc3ccc(OCCNC(=O)Cc4ccc(Br)cc4)nn23)cc1OC. The molecular formula is C23H22BrN5O4. The van der Waals surface area contributed by atoms with Crippen LogP contribution in [0.2, 0.25) is 0 Å². The lowest BCUT2D eigenvalue weighted by Crippen LogP contribution is -2.29. The van der Waals surface area contributed by atoms with Crippen molar-refractivity contribution in [2.45, 2.75) is 6.42 Å². The second-order valence-corrected chi connectivity index (χ2v) is 7.95. The molecule has 1 N–H and O–H groups in total. The van der Waals surface area contributed by atoms with Crippen molar-refractivity contribution < 1.29 is 19.0 Å². The number of halogens is 1. The highest BCUT2D eigenvalue weighted by atomic mass is 79.9. The number of amides is 1. The van der Waals surface area contributed by atoms with Crippen LogP contribution in [0, 0.1) is 0 Å². The summed E-state index contributed by atoms with van der Waals surface area (Å²) in [7, 11) is 3.16. The number of hydrogen-bond acceptors (Lipinski definition) is 7. The summed E-state index contributed by atoms with van der Waals surface area (Å²) in [6, 6.07) is 16.6. The van der Waals surface area contributed by atoms with Crippen molar-refractivity contribution in [3.05, 3.63) is 64.6 Å². The molecule has 0 aliphatic carbocycles. The van der Waals surface area contributed by atoms with Crippen molar-refractivity contribution in [2.24, 2.45) is 0 Å². The summed E-state index contributed by atoms with van der Waals surface area (Å²) in [5.74, 6) is 2.07. The maximum absolute atomic E-state index is 12.1. The van der Waals surface area contributed by atoms with Crippen LogP contribution in [0.1, 0.15) is 5.56 Å². The summed E-state index contributed by atoms with van der Waals surface area (Å²) < 4.78 is 19.0. The van der Waals surface area contributed by atoms with Gasteiger partial charge in [0.05, 0.1) is 27.2 Å². The van der Waals surface area contributed by atoms with Gasteiger partial charge in [-0.05, 0) is 42.0 Å². The van der Waals surface area contributed by atoms with E-state index >= 15 is 0 Å². The average molecular weight is 512 g/mol. The maximum atomic E-state index is 12.1. The first-order valence-corrected chi connectivity index (χ1v) is 11.0. The second kappa shape index (κ2) is 10.3. The van der Waals surface area contributed by atoms with Gasteiger partial charge in [0.25, 0.3) is 0 Å². The fraction of sp³-hybridized carbons (Fsp3) is 0.217. The van der Waals surface area contributed by atoms with E-state index < -0.39 is 0 Å². The van der Waals surface area contributed by atoms with Crippen molar-refractivity contribution in [3.63, 3.8) is 0 Å². The number of nitrogens with zero attached hydrogens (tertiary/aromatic N) is 4. The molecule has 2 aromatic carbocycles. The van der Waals surface area contributed by atoms with Crippen LogP contribution in [-0.2, 0) is 11.2 Å². The third-order valence-electron chi connectivity index (χ3n) is 4.83. The summed E-state index contributed by atoms with van der Waals surface area (Å²) in [6.45, 7) is 0.637. The van der Waals surface area contributed by atoms with E-state index in [9.17, 15) is 4.79 Å². The molecule has 33 heavy (non-hydrogen) atoms. The van der Waals surface area contributed by atoms with E-state index in [1.807, 2.05) is 36.4 Å². The number of aromatic nitrogens is 4. The number of rotatable bonds is 9. The van der Waals surface area contributed by atoms with Crippen molar-refractivity contribution >= 4 is 27.5 Å². The van der Waals surface area contributed by atoms with Gasteiger partial charge < -0.3 is 19.5 Å². The Bertz CT molecular complexity index is 1260. The molecule has 4 rings (SSSR count). The molecule has 1 amide bonds. The topological polar surface area (TPSA) is 99.9 Å². The van der Waals surface area contributed by atoms with Crippen molar-refractivity contribution in [3.8, 4) is 28.8 Å². The molecule has 0 radical (unpaired) electrons. The highest BCUT2D eigenvalue weighted by molar-refractivity contribution is 9.10. The molecule has 2 aromatic heterocycles. The normalized spacial score (nSPS) is 10.8. The zero-order valence-corrected chi connectivity index (χ0v) is 19.7. The molecule has 0 saturated heterocycles. The van der Waals surface area contributed by atoms with E-state index in [1.165, 1.54) is 0 Å². The predicted molar refractivity (Wildman–Crippen MR) is 126 cm³/mol. The van der Waals surface area contributed by atoms with Gasteiger partial charge >= 0.3 is 0 Å². The van der Waals surface area contributed by atoms with Gasteiger partial charge in [-0.3, -0.25) is 4.79 Å². The molecule has 9 nitrogen and oxygen atoms in total.